The quantitative estimate of drug-likeness (QED) is 0.534. The summed E-state index contributed by atoms with van der Waals surface area (Å²) >= 11 is 0. The number of halogens is 1. The lowest BCUT2D eigenvalue weighted by molar-refractivity contribution is -0.142. The van der Waals surface area contributed by atoms with E-state index in [4.69, 9.17) is 4.74 Å². The molecule has 1 N–H and O–H groups in total. The monoisotopic (exact) mass is 448 g/mol. The summed E-state index contributed by atoms with van der Waals surface area (Å²) in [5.74, 6) is -0.346. The summed E-state index contributed by atoms with van der Waals surface area (Å²) in [4.78, 5) is 27.7. The lowest BCUT2D eigenvalue weighted by Gasteiger charge is -2.31. The average Bonchev–Trinajstić information content (AvgIpc) is 2.82. The Hall–Kier alpha value is -3.67. The zero-order valence-corrected chi connectivity index (χ0v) is 19.2. The van der Waals surface area contributed by atoms with Crippen molar-refractivity contribution in [3.05, 3.63) is 101 Å². The number of hydrogen-bond donors (Lipinski definition) is 1. The standard InChI is InChI=1S/C27H29FN2O3/c1-19-9-14-25(20(2)15-19)33-18-26(31)30(17-22-10-12-23(28)13-11-22)24(27(32)29-3)16-21-7-5-4-6-8-21/h4-15,24H,16-18H2,1-3H3,(H,29,32)/t24-/m1/s1. The molecule has 2 amide bonds. The van der Waals surface area contributed by atoms with Crippen LogP contribution < -0.4 is 10.1 Å². The van der Waals surface area contributed by atoms with Gasteiger partial charge in [0.05, 0.1) is 0 Å². The van der Waals surface area contributed by atoms with Gasteiger partial charge < -0.3 is 15.0 Å². The molecule has 0 spiro atoms. The van der Waals surface area contributed by atoms with E-state index in [1.807, 2.05) is 62.4 Å². The predicted octanol–water partition coefficient (Wildman–Crippen LogP) is 4.21. The van der Waals surface area contributed by atoms with Crippen LogP contribution in [0.5, 0.6) is 5.75 Å². The van der Waals surface area contributed by atoms with Gasteiger partial charge in [-0.2, -0.15) is 0 Å². The lowest BCUT2D eigenvalue weighted by Crippen LogP contribution is -2.51. The van der Waals surface area contributed by atoms with Crippen LogP contribution in [0.25, 0.3) is 0 Å². The van der Waals surface area contributed by atoms with Crippen molar-refractivity contribution in [1.29, 1.82) is 0 Å². The van der Waals surface area contributed by atoms with E-state index in [-0.39, 0.29) is 30.8 Å². The summed E-state index contributed by atoms with van der Waals surface area (Å²) in [5.41, 5.74) is 3.68. The highest BCUT2D eigenvalue weighted by Crippen LogP contribution is 2.20. The second-order valence-corrected chi connectivity index (χ2v) is 8.03. The fourth-order valence-electron chi connectivity index (χ4n) is 3.69. The second kappa shape index (κ2) is 11.3. The van der Waals surface area contributed by atoms with Gasteiger partial charge in [-0.25, -0.2) is 4.39 Å². The molecule has 3 aromatic rings. The summed E-state index contributed by atoms with van der Waals surface area (Å²) < 4.78 is 19.2. The molecule has 3 aromatic carbocycles. The van der Waals surface area contributed by atoms with Crippen molar-refractivity contribution in [2.75, 3.05) is 13.7 Å². The van der Waals surface area contributed by atoms with E-state index in [2.05, 4.69) is 5.32 Å². The molecule has 0 fully saturated rings. The van der Waals surface area contributed by atoms with Gasteiger partial charge in [0.15, 0.2) is 6.61 Å². The van der Waals surface area contributed by atoms with E-state index in [1.165, 1.54) is 17.0 Å². The molecule has 33 heavy (non-hydrogen) atoms. The normalized spacial score (nSPS) is 11.5. The molecular formula is C27H29FN2O3. The van der Waals surface area contributed by atoms with Gasteiger partial charge in [0.1, 0.15) is 17.6 Å². The van der Waals surface area contributed by atoms with Gasteiger partial charge in [-0.15, -0.1) is 0 Å². The number of rotatable bonds is 9. The minimum atomic E-state index is -0.752. The van der Waals surface area contributed by atoms with Crippen LogP contribution in [0, 0.1) is 19.7 Å². The van der Waals surface area contributed by atoms with E-state index in [1.54, 1.807) is 19.2 Å². The first kappa shape index (κ1) is 24.0. The van der Waals surface area contributed by atoms with Gasteiger partial charge >= 0.3 is 0 Å². The maximum absolute atomic E-state index is 13.4. The van der Waals surface area contributed by atoms with Crippen LogP contribution >= 0.6 is 0 Å². The smallest absolute Gasteiger partial charge is 0.261 e. The molecule has 5 nitrogen and oxygen atoms in total. The number of aryl methyl sites for hydroxylation is 2. The van der Waals surface area contributed by atoms with Crippen LogP contribution in [0.15, 0.2) is 72.8 Å². The summed E-state index contributed by atoms with van der Waals surface area (Å²) in [6, 6.07) is 20.4. The molecule has 0 aliphatic carbocycles. The zero-order valence-electron chi connectivity index (χ0n) is 19.2. The Morgan fingerprint density at radius 1 is 0.970 bits per heavy atom. The van der Waals surface area contributed by atoms with Crippen molar-refractivity contribution in [2.24, 2.45) is 0 Å². The molecule has 172 valence electrons. The van der Waals surface area contributed by atoms with Crippen LogP contribution in [0.2, 0.25) is 0 Å². The molecule has 3 rings (SSSR count). The Balaban J connectivity index is 1.87. The van der Waals surface area contributed by atoms with Crippen molar-refractivity contribution in [1.82, 2.24) is 10.2 Å². The first-order valence-electron chi connectivity index (χ1n) is 10.9. The first-order valence-corrected chi connectivity index (χ1v) is 10.9. The molecule has 1 atom stereocenters. The van der Waals surface area contributed by atoms with Gasteiger partial charge in [0.25, 0.3) is 5.91 Å². The third-order valence-corrected chi connectivity index (χ3v) is 5.47. The molecule has 0 aliphatic heterocycles. The molecule has 0 aromatic heterocycles. The van der Waals surface area contributed by atoms with Crippen LogP contribution in [-0.4, -0.2) is 36.4 Å². The highest BCUT2D eigenvalue weighted by Gasteiger charge is 2.30. The molecule has 0 saturated heterocycles. The number of likely N-dealkylation sites (N-methyl/N-ethyl adjacent to an activating group) is 1. The number of ether oxygens (including phenoxy) is 1. The predicted molar refractivity (Wildman–Crippen MR) is 126 cm³/mol. The topological polar surface area (TPSA) is 58.6 Å². The molecule has 6 heteroatoms. The van der Waals surface area contributed by atoms with Crippen LogP contribution in [0.1, 0.15) is 22.3 Å². The lowest BCUT2D eigenvalue weighted by atomic mass is 10.0. The van der Waals surface area contributed by atoms with Crippen molar-refractivity contribution >= 4 is 11.8 Å². The van der Waals surface area contributed by atoms with Gasteiger partial charge in [0, 0.05) is 20.0 Å². The van der Waals surface area contributed by atoms with Crippen molar-refractivity contribution < 1.29 is 18.7 Å². The average molecular weight is 449 g/mol. The Morgan fingerprint density at radius 2 is 1.67 bits per heavy atom. The molecule has 0 saturated carbocycles. The van der Waals surface area contributed by atoms with Gasteiger partial charge in [0.2, 0.25) is 5.91 Å². The van der Waals surface area contributed by atoms with Crippen LogP contribution in [-0.2, 0) is 22.6 Å². The maximum atomic E-state index is 13.4. The highest BCUT2D eigenvalue weighted by molar-refractivity contribution is 5.88. The van der Waals surface area contributed by atoms with Crippen molar-refractivity contribution in [2.45, 2.75) is 32.9 Å². The Kier molecular flexibility index (Phi) is 8.19. The van der Waals surface area contributed by atoms with Crippen molar-refractivity contribution in [3.63, 3.8) is 0 Å². The van der Waals surface area contributed by atoms with Crippen molar-refractivity contribution in [3.8, 4) is 5.75 Å². The van der Waals surface area contributed by atoms with Gasteiger partial charge in [-0.3, -0.25) is 9.59 Å². The third-order valence-electron chi connectivity index (χ3n) is 5.47. The van der Waals surface area contributed by atoms with Crippen LogP contribution in [0.4, 0.5) is 4.39 Å². The summed E-state index contributed by atoms with van der Waals surface area (Å²) in [7, 11) is 1.55. The van der Waals surface area contributed by atoms with E-state index in [9.17, 15) is 14.0 Å². The number of nitrogens with one attached hydrogen (secondary N) is 1. The SMILES string of the molecule is CNC(=O)[C@@H](Cc1ccccc1)N(Cc1ccc(F)cc1)C(=O)COc1ccc(C)cc1C. The molecular weight excluding hydrogens is 419 g/mol. The number of benzene rings is 3. The third kappa shape index (κ3) is 6.65. The maximum Gasteiger partial charge on any atom is 0.261 e. The second-order valence-electron chi connectivity index (χ2n) is 8.03. The summed E-state index contributed by atoms with van der Waals surface area (Å²) in [6.07, 6.45) is 0.344. The number of nitrogens with zero attached hydrogens (tertiary/aromatic N) is 1. The molecule has 0 bridgehead atoms. The fraction of sp³-hybridized carbons (Fsp3) is 0.259. The largest absolute Gasteiger partial charge is 0.483 e. The fourth-order valence-corrected chi connectivity index (χ4v) is 3.69. The molecule has 0 heterocycles. The summed E-state index contributed by atoms with van der Waals surface area (Å²) in [5, 5.41) is 2.67. The minimum Gasteiger partial charge on any atom is -0.483 e. The van der Waals surface area contributed by atoms with Gasteiger partial charge in [-0.05, 0) is 48.7 Å². The number of carbonyl (C=O) groups excluding carboxylic acids is 2. The Bertz CT molecular complexity index is 1080. The molecule has 0 unspecified atom stereocenters. The van der Waals surface area contributed by atoms with E-state index < -0.39 is 6.04 Å². The summed E-state index contributed by atoms with van der Waals surface area (Å²) in [6.45, 7) is 3.85. The number of hydrogen-bond acceptors (Lipinski definition) is 3. The molecule has 0 radical (unpaired) electrons. The Labute approximate surface area is 194 Å². The van der Waals surface area contributed by atoms with E-state index in [0.717, 1.165) is 22.3 Å². The minimum absolute atomic E-state index is 0.153. The highest BCUT2D eigenvalue weighted by atomic mass is 19.1. The molecule has 0 aliphatic rings. The number of amides is 2. The van der Waals surface area contributed by atoms with E-state index >= 15 is 0 Å². The van der Waals surface area contributed by atoms with E-state index in [0.29, 0.717) is 12.2 Å². The number of carbonyl (C=O) groups is 2. The zero-order chi connectivity index (χ0) is 23.8. The van der Waals surface area contributed by atoms with Gasteiger partial charge in [-0.1, -0.05) is 60.2 Å². The first-order chi connectivity index (χ1) is 15.9. The van der Waals surface area contributed by atoms with Crippen LogP contribution in [0.3, 0.4) is 0 Å². The Morgan fingerprint density at radius 3 is 2.30 bits per heavy atom.